The van der Waals surface area contributed by atoms with E-state index in [0.717, 1.165) is 6.29 Å². The maximum absolute atomic E-state index is 12.8. The van der Waals surface area contributed by atoms with Crippen LogP contribution < -0.4 is 0 Å². The standard InChI is InChI=1S/C7H2F2NO3/c8-5-1-2-6(10(12)13)7(9)4(5)3-11/h1-2H. The smallest absolute Gasteiger partial charge is 0.285 e. The molecular formula is C7H2F2NO3. The fourth-order valence-electron chi connectivity index (χ4n) is 0.776. The summed E-state index contributed by atoms with van der Waals surface area (Å²) >= 11 is 0. The SMILES string of the molecule is O=[C]c1c(F)ccc([N+](=O)[O-])c1F. The lowest BCUT2D eigenvalue weighted by Gasteiger charge is -1.96. The Balaban J connectivity index is 3.44. The Kier molecular flexibility index (Phi) is 2.32. The van der Waals surface area contributed by atoms with E-state index in [-0.39, 0.29) is 0 Å². The van der Waals surface area contributed by atoms with Crippen LogP contribution in [0.5, 0.6) is 0 Å². The molecule has 0 atom stereocenters. The summed E-state index contributed by atoms with van der Waals surface area (Å²) in [6, 6.07) is 1.28. The van der Waals surface area contributed by atoms with Gasteiger partial charge in [-0.25, -0.2) is 4.39 Å². The van der Waals surface area contributed by atoms with E-state index in [4.69, 9.17) is 0 Å². The van der Waals surface area contributed by atoms with Crippen LogP contribution in [0, 0.1) is 21.7 Å². The van der Waals surface area contributed by atoms with Crippen LogP contribution in [-0.2, 0) is 4.79 Å². The van der Waals surface area contributed by atoms with E-state index in [2.05, 4.69) is 0 Å². The minimum atomic E-state index is -1.50. The summed E-state index contributed by atoms with van der Waals surface area (Å²) in [5.41, 5.74) is -1.99. The zero-order valence-electron chi connectivity index (χ0n) is 6.08. The number of nitro groups is 1. The second-order valence-electron chi connectivity index (χ2n) is 2.11. The minimum Gasteiger partial charge on any atom is -0.285 e. The third-order valence-electron chi connectivity index (χ3n) is 1.37. The van der Waals surface area contributed by atoms with E-state index < -0.39 is 27.8 Å². The van der Waals surface area contributed by atoms with Crippen molar-refractivity contribution in [3.05, 3.63) is 39.4 Å². The number of benzene rings is 1. The lowest BCUT2D eigenvalue weighted by atomic mass is 10.2. The van der Waals surface area contributed by atoms with E-state index in [1.54, 1.807) is 0 Å². The molecular weight excluding hydrogens is 184 g/mol. The molecule has 1 radical (unpaired) electrons. The molecule has 13 heavy (non-hydrogen) atoms. The third-order valence-corrected chi connectivity index (χ3v) is 1.37. The molecule has 1 aromatic rings. The first kappa shape index (κ1) is 9.24. The lowest BCUT2D eigenvalue weighted by Crippen LogP contribution is -1.99. The number of hydrogen-bond donors (Lipinski definition) is 0. The van der Waals surface area contributed by atoms with E-state index in [1.165, 1.54) is 0 Å². The summed E-state index contributed by atoms with van der Waals surface area (Å²) in [5, 5.41) is 10.1. The van der Waals surface area contributed by atoms with Gasteiger partial charge in [0.25, 0.3) is 0 Å². The van der Waals surface area contributed by atoms with E-state index >= 15 is 0 Å². The van der Waals surface area contributed by atoms with Crippen molar-refractivity contribution in [2.75, 3.05) is 0 Å². The van der Waals surface area contributed by atoms with Gasteiger partial charge in [0.15, 0.2) is 0 Å². The van der Waals surface area contributed by atoms with E-state index in [1.807, 2.05) is 0 Å². The van der Waals surface area contributed by atoms with Gasteiger partial charge in [0.2, 0.25) is 12.1 Å². The van der Waals surface area contributed by atoms with Gasteiger partial charge in [0, 0.05) is 6.07 Å². The summed E-state index contributed by atoms with van der Waals surface area (Å²) in [6.07, 6.45) is 0.954. The molecule has 1 rings (SSSR count). The first-order valence-corrected chi connectivity index (χ1v) is 3.08. The maximum Gasteiger partial charge on any atom is 0.305 e. The Labute approximate surface area is 70.9 Å². The van der Waals surface area contributed by atoms with Gasteiger partial charge in [-0.3, -0.25) is 14.9 Å². The molecule has 1 aromatic carbocycles. The summed E-state index contributed by atoms with van der Waals surface area (Å²) in [7, 11) is 0. The molecule has 4 nitrogen and oxygen atoms in total. The monoisotopic (exact) mass is 186 g/mol. The van der Waals surface area contributed by atoms with Crippen LogP contribution in [0.25, 0.3) is 0 Å². The van der Waals surface area contributed by atoms with Gasteiger partial charge in [-0.15, -0.1) is 0 Å². The van der Waals surface area contributed by atoms with Gasteiger partial charge in [-0.05, 0) is 6.07 Å². The summed E-state index contributed by atoms with van der Waals surface area (Å²) < 4.78 is 25.4. The lowest BCUT2D eigenvalue weighted by molar-refractivity contribution is -0.387. The molecule has 0 N–H and O–H groups in total. The number of nitro benzene ring substituents is 1. The fourth-order valence-corrected chi connectivity index (χ4v) is 0.776. The number of halogens is 2. The molecule has 6 heteroatoms. The normalized spacial score (nSPS) is 9.69. The highest BCUT2D eigenvalue weighted by Gasteiger charge is 2.21. The van der Waals surface area contributed by atoms with Crippen molar-refractivity contribution in [1.29, 1.82) is 0 Å². The number of rotatable bonds is 2. The van der Waals surface area contributed by atoms with Crippen LogP contribution in [0.2, 0.25) is 0 Å². The zero-order chi connectivity index (χ0) is 10.0. The van der Waals surface area contributed by atoms with Crippen molar-refractivity contribution in [3.63, 3.8) is 0 Å². The van der Waals surface area contributed by atoms with E-state index in [9.17, 15) is 23.7 Å². The van der Waals surface area contributed by atoms with Crippen LogP contribution in [0.3, 0.4) is 0 Å². The van der Waals surface area contributed by atoms with Crippen LogP contribution in [0.1, 0.15) is 5.56 Å². The number of carbonyl (C=O) groups excluding carboxylic acids is 1. The molecule has 0 fully saturated rings. The van der Waals surface area contributed by atoms with Crippen molar-refractivity contribution in [1.82, 2.24) is 0 Å². The quantitative estimate of drug-likeness (QED) is 0.517. The van der Waals surface area contributed by atoms with Crippen molar-refractivity contribution >= 4 is 12.0 Å². The molecule has 0 aliphatic rings. The second-order valence-corrected chi connectivity index (χ2v) is 2.11. The average molecular weight is 186 g/mol. The number of nitrogens with zero attached hydrogens (tertiary/aromatic N) is 1. The molecule has 0 spiro atoms. The van der Waals surface area contributed by atoms with Crippen molar-refractivity contribution in [2.24, 2.45) is 0 Å². The molecule has 0 aromatic heterocycles. The molecule has 0 unspecified atom stereocenters. The molecule has 0 amide bonds. The molecule has 67 valence electrons. The van der Waals surface area contributed by atoms with Gasteiger partial charge < -0.3 is 0 Å². The summed E-state index contributed by atoms with van der Waals surface area (Å²) in [6.45, 7) is 0. The maximum atomic E-state index is 12.8. The molecule has 0 bridgehead atoms. The molecule has 0 saturated heterocycles. The average Bonchev–Trinajstić information content (AvgIpc) is 2.04. The van der Waals surface area contributed by atoms with Crippen molar-refractivity contribution in [2.45, 2.75) is 0 Å². The Morgan fingerprint density at radius 3 is 2.46 bits per heavy atom. The Morgan fingerprint density at radius 2 is 2.00 bits per heavy atom. The van der Waals surface area contributed by atoms with Crippen molar-refractivity contribution in [3.8, 4) is 0 Å². The van der Waals surface area contributed by atoms with Crippen LogP contribution in [-0.4, -0.2) is 11.2 Å². The van der Waals surface area contributed by atoms with Gasteiger partial charge in [0.05, 0.1) is 4.92 Å². The minimum absolute atomic E-state index is 0.640. The van der Waals surface area contributed by atoms with Crippen LogP contribution in [0.4, 0.5) is 14.5 Å². The first-order valence-electron chi connectivity index (χ1n) is 3.08. The van der Waals surface area contributed by atoms with Crippen LogP contribution >= 0.6 is 0 Å². The van der Waals surface area contributed by atoms with Gasteiger partial charge in [-0.1, -0.05) is 0 Å². The predicted octanol–water partition coefficient (Wildman–Crippen LogP) is 1.33. The molecule has 0 aliphatic heterocycles. The Morgan fingerprint density at radius 1 is 1.38 bits per heavy atom. The zero-order valence-corrected chi connectivity index (χ0v) is 6.08. The van der Waals surface area contributed by atoms with E-state index in [0.29, 0.717) is 12.1 Å². The van der Waals surface area contributed by atoms with Crippen LogP contribution in [0.15, 0.2) is 12.1 Å². The van der Waals surface area contributed by atoms with Gasteiger partial charge >= 0.3 is 5.69 Å². The largest absolute Gasteiger partial charge is 0.305 e. The first-order chi connectivity index (χ1) is 6.07. The highest BCUT2D eigenvalue weighted by atomic mass is 19.1. The second kappa shape index (κ2) is 3.26. The van der Waals surface area contributed by atoms with Gasteiger partial charge in [-0.2, -0.15) is 4.39 Å². The Bertz CT molecular complexity index is 378. The molecule has 0 saturated carbocycles. The topological polar surface area (TPSA) is 60.2 Å². The highest BCUT2D eigenvalue weighted by Crippen LogP contribution is 2.21. The number of hydrogen-bond acceptors (Lipinski definition) is 3. The predicted molar refractivity (Wildman–Crippen MR) is 37.8 cm³/mol. The third kappa shape index (κ3) is 1.51. The summed E-state index contributed by atoms with van der Waals surface area (Å²) in [4.78, 5) is 19.1. The molecule has 0 aliphatic carbocycles. The van der Waals surface area contributed by atoms with Gasteiger partial charge in [0.1, 0.15) is 11.4 Å². The fraction of sp³-hybridized carbons (Fsp3) is 0. The highest BCUT2D eigenvalue weighted by molar-refractivity contribution is 5.77. The Hall–Kier alpha value is -1.85. The van der Waals surface area contributed by atoms with Crippen molar-refractivity contribution < 1.29 is 18.5 Å². The summed E-state index contributed by atoms with van der Waals surface area (Å²) in [5.74, 6) is -2.67. The molecule has 0 heterocycles.